The van der Waals surface area contributed by atoms with Gasteiger partial charge in [0.15, 0.2) is 0 Å². The van der Waals surface area contributed by atoms with Crippen LogP contribution in [0.1, 0.15) is 168 Å². The van der Waals surface area contributed by atoms with E-state index in [-0.39, 0.29) is 61.6 Å². The van der Waals surface area contributed by atoms with Crippen molar-refractivity contribution in [2.24, 2.45) is 0 Å². The lowest BCUT2D eigenvalue weighted by molar-refractivity contribution is -0.158. The second-order valence-electron chi connectivity index (χ2n) is 15.1. The van der Waals surface area contributed by atoms with Crippen molar-refractivity contribution in [3.63, 3.8) is 0 Å². The summed E-state index contributed by atoms with van der Waals surface area (Å²) in [7, 11) is 3.35. The highest BCUT2D eigenvalue weighted by molar-refractivity contribution is 5.90. The van der Waals surface area contributed by atoms with E-state index < -0.39 is 0 Å². The highest BCUT2D eigenvalue weighted by atomic mass is 16.7. The number of unbranched alkanes of at least 4 members (excludes halogenated alkanes) is 12. The number of ether oxygens (including phenoxy) is 7. The predicted octanol–water partition coefficient (Wildman–Crippen LogP) is 9.11. The molecule has 0 spiro atoms. The maximum absolute atomic E-state index is 11.7. The number of aliphatic hydroxyl groups excluding tert-OH is 1. The first kappa shape index (κ1) is 43.3. The summed E-state index contributed by atoms with van der Waals surface area (Å²) in [5, 5.41) is 10.6. The van der Waals surface area contributed by atoms with E-state index in [1.54, 1.807) is 14.2 Å². The minimum atomic E-state index is -0.250. The van der Waals surface area contributed by atoms with Gasteiger partial charge in [0.05, 0.1) is 42.7 Å². The maximum atomic E-state index is 11.7. The molecule has 0 bridgehead atoms. The molecule has 3 aliphatic rings. The van der Waals surface area contributed by atoms with Crippen molar-refractivity contribution in [2.45, 2.75) is 217 Å². The number of hydrogen-bond donors (Lipinski definition) is 1. The number of carbonyl (C=O) groups is 1. The lowest BCUT2D eigenvalue weighted by atomic mass is 9.99. The smallest absolute Gasteiger partial charge is 0.334 e. The summed E-state index contributed by atoms with van der Waals surface area (Å²) in [5.74, 6) is -0.146. The van der Waals surface area contributed by atoms with Crippen molar-refractivity contribution < 1.29 is 43.1 Å². The van der Waals surface area contributed by atoms with Crippen molar-refractivity contribution in [1.29, 1.82) is 0 Å². The van der Waals surface area contributed by atoms with Gasteiger partial charge in [-0.25, -0.2) is 4.79 Å². The van der Waals surface area contributed by atoms with E-state index in [9.17, 15) is 9.90 Å². The summed E-state index contributed by atoms with van der Waals surface area (Å²) in [6.07, 6.45) is 28.2. The fourth-order valence-electron chi connectivity index (χ4n) is 7.93. The third-order valence-electron chi connectivity index (χ3n) is 10.8. The van der Waals surface area contributed by atoms with Crippen LogP contribution in [0.3, 0.4) is 0 Å². The Morgan fingerprint density at radius 1 is 0.680 bits per heavy atom. The van der Waals surface area contributed by atoms with Crippen molar-refractivity contribution >= 4 is 5.97 Å². The Bertz CT molecular complexity index is 897. The maximum Gasteiger partial charge on any atom is 0.334 e. The van der Waals surface area contributed by atoms with E-state index in [1.807, 2.05) is 13.0 Å². The average molecular weight is 711 g/mol. The lowest BCUT2D eigenvalue weighted by Crippen LogP contribution is -2.35. The molecule has 3 aliphatic heterocycles. The van der Waals surface area contributed by atoms with E-state index in [0.717, 1.165) is 108 Å². The number of cyclic esters (lactones) is 1. The van der Waals surface area contributed by atoms with Gasteiger partial charge in [-0.2, -0.15) is 0 Å². The lowest BCUT2D eigenvalue weighted by Gasteiger charge is -2.27. The van der Waals surface area contributed by atoms with E-state index >= 15 is 0 Å². The predicted molar refractivity (Wildman–Crippen MR) is 197 cm³/mol. The summed E-state index contributed by atoms with van der Waals surface area (Å²) < 4.78 is 41.2. The van der Waals surface area contributed by atoms with Gasteiger partial charge in [0.1, 0.15) is 19.7 Å². The Morgan fingerprint density at radius 3 is 1.64 bits per heavy atom. The number of aliphatic hydroxyl groups is 1. The van der Waals surface area contributed by atoms with Crippen LogP contribution in [0.4, 0.5) is 0 Å². The van der Waals surface area contributed by atoms with Crippen molar-refractivity contribution in [3.8, 4) is 0 Å². The van der Waals surface area contributed by atoms with Gasteiger partial charge in [0.25, 0.3) is 0 Å². The summed E-state index contributed by atoms with van der Waals surface area (Å²) in [6, 6.07) is 0. The topological polar surface area (TPSA) is 102 Å². The van der Waals surface area contributed by atoms with Crippen LogP contribution in [-0.4, -0.2) is 87.7 Å². The summed E-state index contributed by atoms with van der Waals surface area (Å²) in [5.41, 5.74) is 0.834. The zero-order valence-electron chi connectivity index (χ0n) is 32.3. The fraction of sp³-hybridized carbons (Fsp3) is 0.927. The third kappa shape index (κ3) is 17.2. The molecule has 9 heteroatoms. The minimum Gasteiger partial charge on any atom is -0.455 e. The van der Waals surface area contributed by atoms with Crippen LogP contribution < -0.4 is 0 Å². The molecule has 0 saturated carbocycles. The van der Waals surface area contributed by atoms with Crippen LogP contribution in [0, 0.1) is 0 Å². The van der Waals surface area contributed by atoms with E-state index in [1.165, 1.54) is 51.4 Å². The molecule has 2 saturated heterocycles. The van der Waals surface area contributed by atoms with E-state index in [4.69, 9.17) is 33.2 Å². The van der Waals surface area contributed by atoms with Gasteiger partial charge >= 0.3 is 5.97 Å². The van der Waals surface area contributed by atoms with Crippen LogP contribution >= 0.6 is 0 Å². The molecule has 0 aromatic rings. The molecule has 0 aromatic heterocycles. The molecule has 0 radical (unpaired) electrons. The number of methoxy groups -OCH3 is 2. The molecule has 8 atom stereocenters. The van der Waals surface area contributed by atoms with Crippen LogP contribution in [0.2, 0.25) is 0 Å². The van der Waals surface area contributed by atoms with Gasteiger partial charge in [0.2, 0.25) is 0 Å². The molecule has 0 amide bonds. The molecule has 292 valence electrons. The molecular weight excluding hydrogens is 636 g/mol. The Morgan fingerprint density at radius 2 is 1.14 bits per heavy atom. The molecule has 3 rings (SSSR count). The molecule has 1 N–H and O–H groups in total. The molecule has 0 unspecified atom stereocenters. The standard InChI is InChI=1S/C41H74O9/c1-5-6-7-8-9-10-14-17-23-35(46-30-44-3)37-25-27-39(49-37)40-28-26-38(50-40)36(47-31-45-4)24-19-18-22-34(42)21-16-13-11-12-15-20-33-29-32(2)48-41(33)43/h29,32,34-40,42H,5-28,30-31H2,1-4H3/t32-,34+,35+,36+,37+,38+,39+,40+/m0/s1. The molecule has 0 aliphatic carbocycles. The highest BCUT2D eigenvalue weighted by Crippen LogP contribution is 2.36. The van der Waals surface area contributed by atoms with Gasteiger partial charge in [-0.15, -0.1) is 0 Å². The second-order valence-corrected chi connectivity index (χ2v) is 15.1. The fourth-order valence-corrected chi connectivity index (χ4v) is 7.93. The zero-order valence-corrected chi connectivity index (χ0v) is 32.3. The van der Waals surface area contributed by atoms with Crippen LogP contribution in [0.15, 0.2) is 11.6 Å². The summed E-state index contributed by atoms with van der Waals surface area (Å²) in [6.45, 7) is 4.74. The minimum absolute atomic E-state index is 0.0147. The molecule has 3 heterocycles. The Labute approximate surface area is 304 Å². The second kappa shape index (κ2) is 26.7. The average Bonchev–Trinajstić information content (AvgIpc) is 3.87. The summed E-state index contributed by atoms with van der Waals surface area (Å²) in [4.78, 5) is 11.7. The Kier molecular flexibility index (Phi) is 23.1. The Balaban J connectivity index is 1.28. The monoisotopic (exact) mass is 711 g/mol. The number of esters is 1. The first-order valence-corrected chi connectivity index (χ1v) is 20.6. The van der Waals surface area contributed by atoms with Gasteiger partial charge in [0, 0.05) is 19.8 Å². The van der Waals surface area contributed by atoms with Crippen LogP contribution in [0.5, 0.6) is 0 Å². The number of rotatable bonds is 31. The summed E-state index contributed by atoms with van der Waals surface area (Å²) >= 11 is 0. The van der Waals surface area contributed by atoms with Crippen LogP contribution in [-0.2, 0) is 38.0 Å². The largest absolute Gasteiger partial charge is 0.455 e. The molecular formula is C41H74O9. The van der Waals surface area contributed by atoms with Gasteiger partial charge in [-0.3, -0.25) is 0 Å². The quantitative estimate of drug-likeness (QED) is 0.0429. The zero-order chi connectivity index (χ0) is 35.8. The van der Waals surface area contributed by atoms with Crippen LogP contribution in [0.25, 0.3) is 0 Å². The van der Waals surface area contributed by atoms with Gasteiger partial charge in [-0.05, 0) is 77.2 Å². The normalized spacial score (nSPS) is 25.6. The SMILES string of the molecule is CCCCCCCCCC[C@@H](OCOC)[C@H]1CC[C@H]([C@H]2CC[C@H]([C@@H](CCCC[C@H](O)CCCCCCCC3=C[C@H](C)OC3=O)OCOC)O2)O1. The highest BCUT2D eigenvalue weighted by Gasteiger charge is 2.41. The number of hydrogen-bond acceptors (Lipinski definition) is 9. The van der Waals surface area contributed by atoms with E-state index in [0.29, 0.717) is 6.79 Å². The van der Waals surface area contributed by atoms with Crippen molar-refractivity contribution in [1.82, 2.24) is 0 Å². The third-order valence-corrected chi connectivity index (χ3v) is 10.8. The van der Waals surface area contributed by atoms with Crippen molar-refractivity contribution in [2.75, 3.05) is 27.8 Å². The Hall–Kier alpha value is -1.07. The van der Waals surface area contributed by atoms with Crippen molar-refractivity contribution in [3.05, 3.63) is 11.6 Å². The molecule has 9 nitrogen and oxygen atoms in total. The first-order chi connectivity index (χ1) is 24.4. The molecule has 0 aromatic carbocycles. The molecule has 50 heavy (non-hydrogen) atoms. The number of carbonyl (C=O) groups excluding carboxylic acids is 1. The molecule has 2 fully saturated rings. The van der Waals surface area contributed by atoms with E-state index in [2.05, 4.69) is 6.92 Å². The first-order valence-electron chi connectivity index (χ1n) is 20.6. The van der Waals surface area contributed by atoms with Gasteiger partial charge in [-0.1, -0.05) is 96.8 Å². The van der Waals surface area contributed by atoms with Gasteiger partial charge < -0.3 is 38.3 Å².